The van der Waals surface area contributed by atoms with E-state index in [0.717, 1.165) is 24.0 Å². The first-order valence-electron chi connectivity index (χ1n) is 9.63. The number of amides is 3. The molecule has 1 fully saturated rings. The van der Waals surface area contributed by atoms with Gasteiger partial charge in [0.1, 0.15) is 6.04 Å². The molecular formula is C20H28N4O3. The number of nitrogens with one attached hydrogen (secondary N) is 2. The van der Waals surface area contributed by atoms with Gasteiger partial charge in [-0.2, -0.15) is 0 Å². The van der Waals surface area contributed by atoms with Crippen LogP contribution < -0.4 is 16.4 Å². The Morgan fingerprint density at radius 3 is 2.67 bits per heavy atom. The van der Waals surface area contributed by atoms with E-state index in [0.29, 0.717) is 31.6 Å². The minimum Gasteiger partial charge on any atom is -0.324 e. The molecule has 0 aliphatic carbocycles. The van der Waals surface area contributed by atoms with Crippen LogP contribution in [0.5, 0.6) is 0 Å². The Bertz CT molecular complexity index is 758. The molecule has 2 aliphatic rings. The predicted molar refractivity (Wildman–Crippen MR) is 102 cm³/mol. The van der Waals surface area contributed by atoms with E-state index >= 15 is 0 Å². The van der Waals surface area contributed by atoms with Crippen molar-refractivity contribution < 1.29 is 14.4 Å². The molecule has 4 N–H and O–H groups in total. The van der Waals surface area contributed by atoms with Gasteiger partial charge >= 0.3 is 0 Å². The van der Waals surface area contributed by atoms with Crippen molar-refractivity contribution in [2.75, 3.05) is 6.54 Å². The number of nitrogens with two attached hydrogens (primary N) is 1. The number of imide groups is 1. The Labute approximate surface area is 159 Å². The molecule has 7 nitrogen and oxygen atoms in total. The Kier molecular flexibility index (Phi) is 5.62. The third-order valence-corrected chi connectivity index (χ3v) is 5.84. The molecule has 27 heavy (non-hydrogen) atoms. The fourth-order valence-electron chi connectivity index (χ4n) is 3.78. The second kappa shape index (κ2) is 7.78. The molecule has 0 spiro atoms. The highest BCUT2D eigenvalue weighted by molar-refractivity contribution is 6.05. The van der Waals surface area contributed by atoms with Crippen LogP contribution in [0.15, 0.2) is 18.2 Å². The second-order valence-electron chi connectivity index (χ2n) is 7.52. The van der Waals surface area contributed by atoms with Crippen molar-refractivity contribution in [3.8, 4) is 0 Å². The quantitative estimate of drug-likeness (QED) is 0.621. The van der Waals surface area contributed by atoms with Crippen LogP contribution in [0.1, 0.15) is 61.0 Å². The standard InChI is InChI=1S/C20H28N4O3/c1-3-20(21,4-2)12-22-10-13-6-5-7-14-11-24(19(27)17(13)14)15-8-9-16(25)23-18(15)26/h5-7,15,22H,3-4,8-12,21H2,1-2H3,(H,23,25,26). The van der Waals surface area contributed by atoms with E-state index in [1.165, 1.54) is 0 Å². The summed E-state index contributed by atoms with van der Waals surface area (Å²) in [7, 11) is 0. The molecule has 1 atom stereocenters. The van der Waals surface area contributed by atoms with Gasteiger partial charge < -0.3 is 16.0 Å². The molecule has 0 radical (unpaired) electrons. The van der Waals surface area contributed by atoms with Gasteiger partial charge in [-0.1, -0.05) is 32.0 Å². The number of rotatable bonds is 7. The zero-order valence-electron chi connectivity index (χ0n) is 16.0. The molecule has 3 amide bonds. The van der Waals surface area contributed by atoms with E-state index < -0.39 is 6.04 Å². The van der Waals surface area contributed by atoms with Gasteiger partial charge in [0, 0.05) is 37.2 Å². The zero-order valence-corrected chi connectivity index (χ0v) is 16.0. The van der Waals surface area contributed by atoms with Crippen LogP contribution in [-0.4, -0.2) is 40.7 Å². The highest BCUT2D eigenvalue weighted by atomic mass is 16.2. The van der Waals surface area contributed by atoms with Crippen molar-refractivity contribution in [2.24, 2.45) is 5.73 Å². The van der Waals surface area contributed by atoms with Gasteiger partial charge in [0.15, 0.2) is 0 Å². The molecule has 146 valence electrons. The summed E-state index contributed by atoms with van der Waals surface area (Å²) in [4.78, 5) is 38.2. The van der Waals surface area contributed by atoms with E-state index in [2.05, 4.69) is 24.5 Å². The van der Waals surface area contributed by atoms with Crippen LogP contribution in [0.3, 0.4) is 0 Å². The van der Waals surface area contributed by atoms with E-state index in [1.807, 2.05) is 18.2 Å². The molecule has 1 aromatic rings. The number of nitrogens with zero attached hydrogens (tertiary/aromatic N) is 1. The van der Waals surface area contributed by atoms with Crippen molar-refractivity contribution in [2.45, 2.75) is 64.2 Å². The van der Waals surface area contributed by atoms with Crippen LogP contribution in [0.2, 0.25) is 0 Å². The van der Waals surface area contributed by atoms with Crippen molar-refractivity contribution in [1.29, 1.82) is 0 Å². The monoisotopic (exact) mass is 372 g/mol. The summed E-state index contributed by atoms with van der Waals surface area (Å²) in [6.45, 7) is 5.78. The summed E-state index contributed by atoms with van der Waals surface area (Å²) >= 11 is 0. The number of carbonyl (C=O) groups is 3. The minimum atomic E-state index is -0.583. The lowest BCUT2D eigenvalue weighted by Crippen LogP contribution is -2.52. The second-order valence-corrected chi connectivity index (χ2v) is 7.52. The first-order valence-corrected chi connectivity index (χ1v) is 9.63. The average molecular weight is 372 g/mol. The summed E-state index contributed by atoms with van der Waals surface area (Å²) in [5.74, 6) is -0.796. The normalized spacial score (nSPS) is 20.0. The number of benzene rings is 1. The van der Waals surface area contributed by atoms with Gasteiger partial charge in [-0.15, -0.1) is 0 Å². The molecule has 3 rings (SSSR count). The van der Waals surface area contributed by atoms with Crippen molar-refractivity contribution >= 4 is 17.7 Å². The smallest absolute Gasteiger partial charge is 0.255 e. The number of fused-ring (bicyclic) bond motifs is 1. The Hall–Kier alpha value is -2.25. The molecule has 2 heterocycles. The lowest BCUT2D eigenvalue weighted by Gasteiger charge is -2.29. The van der Waals surface area contributed by atoms with Crippen molar-refractivity contribution in [3.05, 3.63) is 34.9 Å². The Balaban J connectivity index is 1.73. The molecule has 0 saturated carbocycles. The maximum Gasteiger partial charge on any atom is 0.255 e. The largest absolute Gasteiger partial charge is 0.324 e. The van der Waals surface area contributed by atoms with Gasteiger partial charge in [0.25, 0.3) is 5.91 Å². The number of carbonyl (C=O) groups excluding carboxylic acids is 3. The topological polar surface area (TPSA) is 105 Å². The van der Waals surface area contributed by atoms with Crippen molar-refractivity contribution in [1.82, 2.24) is 15.5 Å². The molecule has 2 aliphatic heterocycles. The van der Waals surface area contributed by atoms with Crippen molar-refractivity contribution in [3.63, 3.8) is 0 Å². The minimum absolute atomic E-state index is 0.137. The van der Waals surface area contributed by atoms with Gasteiger partial charge in [0.05, 0.1) is 0 Å². The van der Waals surface area contributed by atoms with Crippen LogP contribution in [-0.2, 0) is 22.7 Å². The predicted octanol–water partition coefficient (Wildman–Crippen LogP) is 1.05. The average Bonchev–Trinajstić information content (AvgIpc) is 2.99. The van der Waals surface area contributed by atoms with Crippen LogP contribution in [0.25, 0.3) is 0 Å². The summed E-state index contributed by atoms with van der Waals surface area (Å²) in [6, 6.07) is 5.22. The summed E-state index contributed by atoms with van der Waals surface area (Å²) in [6.07, 6.45) is 2.40. The van der Waals surface area contributed by atoms with Gasteiger partial charge in [0.2, 0.25) is 11.8 Å². The van der Waals surface area contributed by atoms with E-state index in [1.54, 1.807) is 4.90 Å². The molecule has 7 heteroatoms. The third kappa shape index (κ3) is 3.89. The maximum atomic E-state index is 13.0. The SMILES string of the molecule is CCC(N)(CC)CNCc1cccc2c1C(=O)N(C1CCC(=O)NC1=O)C2. The van der Waals surface area contributed by atoms with Crippen LogP contribution in [0, 0.1) is 0 Å². The van der Waals surface area contributed by atoms with E-state index in [9.17, 15) is 14.4 Å². The van der Waals surface area contributed by atoms with Gasteiger partial charge in [-0.3, -0.25) is 19.7 Å². The maximum absolute atomic E-state index is 13.0. The number of piperidine rings is 1. The lowest BCUT2D eigenvalue weighted by molar-refractivity contribution is -0.136. The fourth-order valence-corrected chi connectivity index (χ4v) is 3.78. The molecule has 1 aromatic carbocycles. The van der Waals surface area contributed by atoms with E-state index in [4.69, 9.17) is 5.73 Å². The van der Waals surface area contributed by atoms with E-state index in [-0.39, 0.29) is 29.7 Å². The summed E-state index contributed by atoms with van der Waals surface area (Å²) in [5.41, 5.74) is 8.60. The lowest BCUT2D eigenvalue weighted by atomic mass is 9.94. The van der Waals surface area contributed by atoms with Gasteiger partial charge in [-0.25, -0.2) is 0 Å². The number of hydrogen-bond acceptors (Lipinski definition) is 5. The highest BCUT2D eigenvalue weighted by Crippen LogP contribution is 2.29. The summed E-state index contributed by atoms with van der Waals surface area (Å²) < 4.78 is 0. The Morgan fingerprint density at radius 1 is 1.26 bits per heavy atom. The molecule has 0 bridgehead atoms. The number of hydrogen-bond donors (Lipinski definition) is 3. The first-order chi connectivity index (χ1) is 12.9. The van der Waals surface area contributed by atoms with Crippen LogP contribution in [0.4, 0.5) is 0 Å². The zero-order chi connectivity index (χ0) is 19.6. The highest BCUT2D eigenvalue weighted by Gasteiger charge is 2.39. The molecule has 0 aromatic heterocycles. The third-order valence-electron chi connectivity index (χ3n) is 5.84. The first kappa shape index (κ1) is 19.5. The Morgan fingerprint density at radius 2 is 2.00 bits per heavy atom. The summed E-state index contributed by atoms with van der Waals surface area (Å²) in [5, 5.41) is 5.72. The fraction of sp³-hybridized carbons (Fsp3) is 0.550. The van der Waals surface area contributed by atoms with Gasteiger partial charge in [-0.05, 0) is 30.4 Å². The molecule has 1 saturated heterocycles. The molecular weight excluding hydrogens is 344 g/mol. The van der Waals surface area contributed by atoms with Crippen LogP contribution >= 0.6 is 0 Å². The molecule has 1 unspecified atom stereocenters.